The Morgan fingerprint density at radius 1 is 1.07 bits per heavy atom. The van der Waals surface area contributed by atoms with Crippen molar-refractivity contribution in [1.29, 1.82) is 0 Å². The van der Waals surface area contributed by atoms with E-state index in [2.05, 4.69) is 5.32 Å². The van der Waals surface area contributed by atoms with Gasteiger partial charge in [-0.1, -0.05) is 42.0 Å². The van der Waals surface area contributed by atoms with E-state index < -0.39 is 10.0 Å². The fourth-order valence-corrected chi connectivity index (χ4v) is 5.58. The van der Waals surface area contributed by atoms with Crippen molar-refractivity contribution in [2.75, 3.05) is 29.9 Å². The van der Waals surface area contributed by atoms with E-state index in [0.717, 1.165) is 11.1 Å². The van der Waals surface area contributed by atoms with Gasteiger partial charge >= 0.3 is 0 Å². The van der Waals surface area contributed by atoms with Gasteiger partial charge in [0.1, 0.15) is 6.54 Å². The third-order valence-corrected chi connectivity index (χ3v) is 7.55. The minimum absolute atomic E-state index is 0.0121. The lowest BCUT2D eigenvalue weighted by Crippen LogP contribution is -2.48. The Bertz CT molecular complexity index is 1060. The largest absolute Gasteiger partial charge is 0.323 e. The SMILES string of the molecule is Cc1ccc(CS(=O)(=O)N2CCC(C(=O)N3CC(=O)Nc4ccccc43)CC2)cc1. The van der Waals surface area contributed by atoms with Gasteiger partial charge in [-0.15, -0.1) is 0 Å². The summed E-state index contributed by atoms with van der Waals surface area (Å²) in [6, 6.07) is 14.7. The van der Waals surface area contributed by atoms with Crippen molar-refractivity contribution in [3.8, 4) is 0 Å². The maximum Gasteiger partial charge on any atom is 0.244 e. The Morgan fingerprint density at radius 2 is 1.73 bits per heavy atom. The highest BCUT2D eigenvalue weighted by molar-refractivity contribution is 7.88. The molecule has 0 bridgehead atoms. The Balaban J connectivity index is 1.41. The first-order valence-corrected chi connectivity index (χ1v) is 11.7. The summed E-state index contributed by atoms with van der Waals surface area (Å²) in [5, 5.41) is 2.78. The lowest BCUT2D eigenvalue weighted by atomic mass is 9.95. The molecule has 2 amide bonds. The summed E-state index contributed by atoms with van der Waals surface area (Å²) in [5.74, 6) is -0.672. The van der Waals surface area contributed by atoms with Gasteiger partial charge in [0.05, 0.1) is 17.1 Å². The Labute approximate surface area is 176 Å². The molecule has 0 aliphatic carbocycles. The van der Waals surface area contributed by atoms with Crippen LogP contribution in [0.5, 0.6) is 0 Å². The monoisotopic (exact) mass is 427 g/mol. The molecule has 0 saturated carbocycles. The van der Waals surface area contributed by atoms with Gasteiger partial charge in [0.25, 0.3) is 0 Å². The molecule has 2 aliphatic rings. The average molecular weight is 428 g/mol. The fraction of sp³-hybridized carbons (Fsp3) is 0.364. The molecule has 158 valence electrons. The standard InChI is InChI=1S/C22H25N3O4S/c1-16-6-8-17(9-7-16)15-30(28,29)24-12-10-18(11-13-24)22(27)25-14-21(26)23-19-4-2-3-5-20(19)25/h2-9,18H,10-15H2,1H3,(H,23,26). The number of fused-ring (bicyclic) bond motifs is 1. The summed E-state index contributed by atoms with van der Waals surface area (Å²) in [4.78, 5) is 26.7. The summed E-state index contributed by atoms with van der Waals surface area (Å²) in [7, 11) is -3.44. The number of rotatable bonds is 4. The molecule has 30 heavy (non-hydrogen) atoms. The van der Waals surface area contributed by atoms with Gasteiger partial charge in [0.15, 0.2) is 0 Å². The van der Waals surface area contributed by atoms with E-state index >= 15 is 0 Å². The smallest absolute Gasteiger partial charge is 0.244 e. The molecule has 4 rings (SSSR count). The van der Waals surface area contributed by atoms with E-state index in [1.165, 1.54) is 9.21 Å². The lowest BCUT2D eigenvalue weighted by Gasteiger charge is -2.35. The number of aryl methyl sites for hydroxylation is 1. The molecule has 0 radical (unpaired) electrons. The second-order valence-electron chi connectivity index (χ2n) is 7.90. The lowest BCUT2D eigenvalue weighted by molar-refractivity contribution is -0.125. The first-order valence-electron chi connectivity index (χ1n) is 10.1. The molecule has 1 N–H and O–H groups in total. The quantitative estimate of drug-likeness (QED) is 0.812. The van der Waals surface area contributed by atoms with Crippen LogP contribution in [0.15, 0.2) is 48.5 Å². The van der Waals surface area contributed by atoms with E-state index in [9.17, 15) is 18.0 Å². The molecule has 2 aromatic carbocycles. The summed E-state index contributed by atoms with van der Waals surface area (Å²) in [6.07, 6.45) is 0.901. The number of nitrogens with zero attached hydrogens (tertiary/aromatic N) is 2. The molecule has 0 atom stereocenters. The molecule has 0 aromatic heterocycles. The number of hydrogen-bond donors (Lipinski definition) is 1. The molecule has 2 heterocycles. The zero-order valence-corrected chi connectivity index (χ0v) is 17.7. The van der Waals surface area contributed by atoms with Crippen LogP contribution in [0, 0.1) is 12.8 Å². The van der Waals surface area contributed by atoms with Crippen molar-refractivity contribution in [1.82, 2.24) is 4.31 Å². The van der Waals surface area contributed by atoms with E-state index in [4.69, 9.17) is 0 Å². The second kappa shape index (κ2) is 8.20. The molecule has 1 fully saturated rings. The van der Waals surface area contributed by atoms with E-state index in [0.29, 0.717) is 37.3 Å². The summed E-state index contributed by atoms with van der Waals surface area (Å²) in [6.45, 7) is 2.57. The zero-order valence-electron chi connectivity index (χ0n) is 16.9. The number of para-hydroxylation sites is 2. The summed E-state index contributed by atoms with van der Waals surface area (Å²) < 4.78 is 27.1. The number of carbonyl (C=O) groups is 2. The molecule has 0 unspecified atom stereocenters. The van der Waals surface area contributed by atoms with Crippen molar-refractivity contribution >= 4 is 33.2 Å². The minimum Gasteiger partial charge on any atom is -0.323 e. The number of anilines is 2. The highest BCUT2D eigenvalue weighted by Crippen LogP contribution is 2.32. The van der Waals surface area contributed by atoms with Crippen LogP contribution >= 0.6 is 0 Å². The van der Waals surface area contributed by atoms with E-state index in [1.807, 2.05) is 49.4 Å². The predicted molar refractivity (Wildman–Crippen MR) is 116 cm³/mol. The van der Waals surface area contributed by atoms with Gasteiger partial charge < -0.3 is 10.2 Å². The first kappa shape index (κ1) is 20.6. The van der Waals surface area contributed by atoms with Crippen molar-refractivity contribution in [2.24, 2.45) is 5.92 Å². The van der Waals surface area contributed by atoms with Gasteiger partial charge in [0.2, 0.25) is 21.8 Å². The maximum absolute atomic E-state index is 13.1. The van der Waals surface area contributed by atoms with E-state index in [1.54, 1.807) is 6.07 Å². The highest BCUT2D eigenvalue weighted by atomic mass is 32.2. The molecule has 8 heteroatoms. The van der Waals surface area contributed by atoms with E-state index in [-0.39, 0.29) is 30.0 Å². The fourth-order valence-electron chi connectivity index (χ4n) is 4.02. The Hall–Kier alpha value is -2.71. The van der Waals surface area contributed by atoms with Crippen LogP contribution < -0.4 is 10.2 Å². The molecule has 7 nitrogen and oxygen atoms in total. The highest BCUT2D eigenvalue weighted by Gasteiger charge is 2.35. The molecule has 2 aliphatic heterocycles. The molecular weight excluding hydrogens is 402 g/mol. The van der Waals surface area contributed by atoms with Gasteiger partial charge in [-0.05, 0) is 37.5 Å². The van der Waals surface area contributed by atoms with Crippen LogP contribution in [-0.2, 0) is 25.4 Å². The van der Waals surface area contributed by atoms with Gasteiger partial charge in [0, 0.05) is 19.0 Å². The van der Waals surface area contributed by atoms with Crippen molar-refractivity contribution < 1.29 is 18.0 Å². The van der Waals surface area contributed by atoms with Gasteiger partial charge in [-0.3, -0.25) is 9.59 Å². The Kier molecular flexibility index (Phi) is 5.62. The average Bonchev–Trinajstić information content (AvgIpc) is 2.74. The third-order valence-electron chi connectivity index (χ3n) is 5.70. The number of nitrogens with one attached hydrogen (secondary N) is 1. The second-order valence-corrected chi connectivity index (χ2v) is 9.87. The topological polar surface area (TPSA) is 86.8 Å². The van der Waals surface area contributed by atoms with Gasteiger partial charge in [-0.25, -0.2) is 12.7 Å². The minimum atomic E-state index is -3.44. The molecular formula is C22H25N3O4S. The zero-order chi connectivity index (χ0) is 21.3. The van der Waals surface area contributed by atoms with Crippen molar-refractivity contribution in [3.05, 3.63) is 59.7 Å². The normalized spacial score (nSPS) is 18.0. The summed E-state index contributed by atoms with van der Waals surface area (Å²) in [5.41, 5.74) is 3.16. The summed E-state index contributed by atoms with van der Waals surface area (Å²) >= 11 is 0. The van der Waals surface area contributed by atoms with Crippen LogP contribution in [0.2, 0.25) is 0 Å². The van der Waals surface area contributed by atoms with Crippen LogP contribution in [0.1, 0.15) is 24.0 Å². The van der Waals surface area contributed by atoms with Crippen molar-refractivity contribution in [3.63, 3.8) is 0 Å². The Morgan fingerprint density at radius 3 is 2.43 bits per heavy atom. The van der Waals surface area contributed by atoms with Crippen LogP contribution in [0.25, 0.3) is 0 Å². The first-order chi connectivity index (χ1) is 14.3. The molecule has 0 spiro atoms. The number of carbonyl (C=O) groups excluding carboxylic acids is 2. The number of piperidine rings is 1. The maximum atomic E-state index is 13.1. The third kappa shape index (κ3) is 4.24. The number of sulfonamides is 1. The van der Waals surface area contributed by atoms with Crippen LogP contribution in [0.4, 0.5) is 11.4 Å². The number of amides is 2. The number of hydrogen-bond acceptors (Lipinski definition) is 4. The van der Waals surface area contributed by atoms with Gasteiger partial charge in [-0.2, -0.15) is 0 Å². The van der Waals surface area contributed by atoms with Crippen molar-refractivity contribution in [2.45, 2.75) is 25.5 Å². The van der Waals surface area contributed by atoms with Crippen LogP contribution in [-0.4, -0.2) is 44.2 Å². The predicted octanol–water partition coefficient (Wildman–Crippen LogP) is 2.52. The molecule has 2 aromatic rings. The number of benzene rings is 2. The molecule has 1 saturated heterocycles. The van der Waals surface area contributed by atoms with Crippen LogP contribution in [0.3, 0.4) is 0 Å².